The summed E-state index contributed by atoms with van der Waals surface area (Å²) in [5.41, 5.74) is 4.92. The summed E-state index contributed by atoms with van der Waals surface area (Å²) in [5.74, 6) is -3.63. The van der Waals surface area contributed by atoms with E-state index in [2.05, 4.69) is 46.2 Å². The maximum absolute atomic E-state index is 14.9. The summed E-state index contributed by atoms with van der Waals surface area (Å²) in [5, 5.41) is 37.1. The topological polar surface area (TPSA) is 363 Å². The molecular weight excluding hydrogens is 1880 g/mol. The lowest BCUT2D eigenvalue weighted by Gasteiger charge is -2.33. The molecule has 8 aromatic carbocycles. The van der Waals surface area contributed by atoms with E-state index in [4.69, 9.17) is 128 Å². The summed E-state index contributed by atoms with van der Waals surface area (Å²) in [7, 11) is 7.22. The number of likely N-dealkylation sites (tertiary alicyclic amines) is 1. The minimum absolute atomic E-state index is 0.0694. The molecule has 682 valence electrons. The number of rotatable bonds is 28. The van der Waals surface area contributed by atoms with E-state index in [1.165, 1.54) is 156 Å². The number of hydrogen-bond donors (Lipinski definition) is 7. The largest absolute Gasteiger partial charge is 0.496 e. The van der Waals surface area contributed by atoms with E-state index in [1.54, 1.807) is 98.6 Å². The molecule has 0 saturated carbocycles. The molecular formula is C96H79Cl8F3N14O12. The van der Waals surface area contributed by atoms with E-state index in [9.17, 15) is 51.5 Å². The normalized spacial score (nSPS) is 11.7. The minimum Gasteiger partial charge on any atom is -0.496 e. The Balaban J connectivity index is 0.000000171. The summed E-state index contributed by atoms with van der Waals surface area (Å²) < 4.78 is 65.8. The van der Waals surface area contributed by atoms with Crippen molar-refractivity contribution in [3.8, 4) is 23.0 Å². The minimum atomic E-state index is -0.738. The van der Waals surface area contributed by atoms with Crippen molar-refractivity contribution in [3.05, 3.63) is 347 Å². The fraction of sp³-hybridized carbons (Fsp3) is 0.167. The highest BCUT2D eigenvalue weighted by Crippen LogP contribution is 2.36. The zero-order valence-electron chi connectivity index (χ0n) is 71.6. The maximum Gasteiger partial charge on any atom is 0.257 e. The van der Waals surface area contributed by atoms with Crippen LogP contribution in [0.4, 0.5) is 36.4 Å². The zero-order valence-corrected chi connectivity index (χ0v) is 77.7. The van der Waals surface area contributed by atoms with E-state index in [0.29, 0.717) is 75.9 Å². The number of methoxy groups -OCH3 is 4. The molecule has 0 atom stereocenters. The number of halogens is 11. The van der Waals surface area contributed by atoms with E-state index in [-0.39, 0.29) is 149 Å². The van der Waals surface area contributed by atoms with Gasteiger partial charge in [0.15, 0.2) is 23.1 Å². The summed E-state index contributed by atoms with van der Waals surface area (Å²) in [6, 6.07) is 43.4. The van der Waals surface area contributed by atoms with E-state index in [1.807, 2.05) is 4.90 Å². The molecule has 4 amide bonds. The Morgan fingerprint density at radius 2 is 0.602 bits per heavy atom. The second kappa shape index (κ2) is 46.1. The van der Waals surface area contributed by atoms with Crippen LogP contribution in [0.1, 0.15) is 148 Å². The number of Topliss-reactive ketones (excluding diaryl/α,β-unsaturated/α-hetero) is 4. The number of pyridine rings is 4. The molecule has 14 rings (SSSR count). The Hall–Kier alpha value is -13.5. The van der Waals surface area contributed by atoms with E-state index in [0.717, 1.165) is 38.2 Å². The van der Waals surface area contributed by atoms with Gasteiger partial charge in [0.05, 0.1) is 65.2 Å². The first-order valence-electron chi connectivity index (χ1n) is 40.0. The van der Waals surface area contributed by atoms with Crippen LogP contribution in [0.3, 0.4) is 0 Å². The van der Waals surface area contributed by atoms with Crippen molar-refractivity contribution in [2.75, 3.05) is 82.9 Å². The summed E-state index contributed by atoms with van der Waals surface area (Å²) in [6.45, 7) is 6.45. The number of nitrogens with one attached hydrogen (secondary N) is 7. The molecule has 2 aliphatic heterocycles. The molecule has 12 aromatic rings. The van der Waals surface area contributed by atoms with Crippen molar-refractivity contribution in [1.29, 1.82) is 16.2 Å². The van der Waals surface area contributed by atoms with Crippen molar-refractivity contribution in [1.82, 2.24) is 29.7 Å². The van der Waals surface area contributed by atoms with Crippen molar-refractivity contribution >= 4 is 186 Å². The van der Waals surface area contributed by atoms with Crippen LogP contribution < -0.4 is 40.2 Å². The second-order valence-corrected chi connectivity index (χ2v) is 32.8. The van der Waals surface area contributed by atoms with Gasteiger partial charge in [-0.1, -0.05) is 135 Å². The van der Waals surface area contributed by atoms with Gasteiger partial charge in [0.2, 0.25) is 0 Å². The first-order chi connectivity index (χ1) is 63.5. The lowest BCUT2D eigenvalue weighted by molar-refractivity contribution is 0.0975. The average Bonchev–Trinajstić information content (AvgIpc) is 1.70. The Morgan fingerprint density at radius 3 is 0.842 bits per heavy atom. The van der Waals surface area contributed by atoms with Crippen molar-refractivity contribution in [3.63, 3.8) is 0 Å². The number of anilines is 4. The van der Waals surface area contributed by atoms with Crippen LogP contribution in [-0.4, -0.2) is 161 Å². The molecule has 0 unspecified atom stereocenters. The maximum atomic E-state index is 14.9. The Bertz CT molecular complexity index is 6560. The number of ether oxygens (including phenoxy) is 4. The van der Waals surface area contributed by atoms with Crippen LogP contribution >= 0.6 is 92.8 Å². The van der Waals surface area contributed by atoms with E-state index >= 15 is 0 Å². The molecule has 2 aliphatic rings. The molecule has 2 saturated heterocycles. The van der Waals surface area contributed by atoms with Gasteiger partial charge in [-0.25, -0.2) is 33.1 Å². The molecule has 26 nitrogen and oxygen atoms in total. The third-order valence-electron chi connectivity index (χ3n) is 20.5. The van der Waals surface area contributed by atoms with Gasteiger partial charge in [-0.2, -0.15) is 0 Å². The number of aromatic nitrogens is 4. The van der Waals surface area contributed by atoms with Crippen molar-refractivity contribution in [2.45, 2.75) is 46.0 Å². The highest BCUT2D eigenvalue weighted by molar-refractivity contribution is 6.34. The number of amidine groups is 2. The standard InChI is InChI=1S/C25H21Cl2FN4O3.C24H19Cl2FN4O3.C24H20Cl2FN3O3.C23H19Cl2N3O3/c1-35-22-11-16(27)10-19(25(34)31-23-6-4-15(26)13-30-23)18(22)12-21(33)17-5-3-14(9-20(17)28)24(29)32-7-2-8-32;1-34-21-10-15(26)9-18(24(33)30-22-5-3-14(25)12-29-22)17(21)11-20(32)16-4-2-13(8-19(16)27)23(28)31-6-7-31;1-13(28-2)14-4-6-17(20(27)8-14)21(31)11-18-19(9-16(26)10-22(18)33-3)24(32)30-23-7-5-15(25)12-29-23;1-13(26)14-3-5-15(6-4-14)20(29)11-18-19(9-17(25)10-21(18)31-2)23(30)28-22-8-7-16(24)12-27-22/h3-6,9-11,13,29H,2,7-8,12H2,1H3,(H,30,31,34);2-5,8-10,12,28H,6-7,11H2,1H3,(H,29,30,33);4-10,12H,11H2,1-3H3,(H,29,30,32);3-10,12,26H,11H2,1-2H3,(H,27,28,30). The monoisotopic (exact) mass is 1960 g/mol. The van der Waals surface area contributed by atoms with Crippen molar-refractivity contribution in [2.24, 2.45) is 4.99 Å². The lowest BCUT2D eigenvalue weighted by Crippen LogP contribution is -2.42. The highest BCUT2D eigenvalue weighted by Gasteiger charge is 2.31. The Morgan fingerprint density at radius 1 is 0.338 bits per heavy atom. The first kappa shape index (κ1) is 100. The predicted octanol–water partition coefficient (Wildman–Crippen LogP) is 21.2. The molecule has 4 aromatic heterocycles. The fourth-order valence-corrected chi connectivity index (χ4v) is 14.5. The average molecular weight is 1960 g/mol. The third-order valence-corrected chi connectivity index (χ3v) is 22.2. The van der Waals surface area contributed by atoms with Gasteiger partial charge in [-0.15, -0.1) is 0 Å². The fourth-order valence-electron chi connectivity index (χ4n) is 13.2. The molecule has 6 heterocycles. The second-order valence-electron chi connectivity index (χ2n) is 29.3. The van der Waals surface area contributed by atoms with Crippen LogP contribution in [0.25, 0.3) is 0 Å². The van der Waals surface area contributed by atoms with E-state index < -0.39 is 58.4 Å². The van der Waals surface area contributed by atoms with Gasteiger partial charge in [0, 0.05) is 176 Å². The molecule has 0 spiro atoms. The van der Waals surface area contributed by atoms with Crippen LogP contribution in [0.5, 0.6) is 23.0 Å². The third kappa shape index (κ3) is 26.5. The number of hydrogen-bond acceptors (Lipinski definition) is 20. The molecule has 0 bridgehead atoms. The van der Waals surface area contributed by atoms with Gasteiger partial charge in [0.25, 0.3) is 23.6 Å². The number of amides is 4. The van der Waals surface area contributed by atoms with Crippen LogP contribution in [-0.2, 0) is 25.7 Å². The number of carbonyl (C=O) groups excluding carboxylic acids is 8. The predicted molar refractivity (Wildman–Crippen MR) is 511 cm³/mol. The quantitative estimate of drug-likeness (QED) is 0.0104. The van der Waals surface area contributed by atoms with Gasteiger partial charge in [-0.3, -0.25) is 54.2 Å². The number of nitrogens with zero attached hydrogens (tertiary/aromatic N) is 7. The Kier molecular flexibility index (Phi) is 34.6. The first-order valence-corrected chi connectivity index (χ1v) is 43.0. The van der Waals surface area contributed by atoms with Gasteiger partial charge < -0.3 is 55.4 Å². The van der Waals surface area contributed by atoms with Gasteiger partial charge >= 0.3 is 0 Å². The SMILES string of the molecule is CN=C(C)c1ccc(C(=O)Cc2c(OC)cc(Cl)cc2C(=O)Nc2ccc(Cl)cn2)c(F)c1.COc1cc(Cl)cc(C(=O)Nc2ccc(Cl)cn2)c1CC(=O)c1ccc(C(=N)N2CC2)cc1F.COc1cc(Cl)cc(C(=O)Nc2ccc(Cl)cn2)c1CC(=O)c1ccc(C(=N)N2CCC2)cc1F.COc1cc(Cl)cc(C(=O)Nc2ccc(Cl)cn2)c1CC(=O)c1ccc(C(C)=N)cc1. The molecule has 133 heavy (non-hydrogen) atoms. The van der Waals surface area contributed by atoms with Crippen molar-refractivity contribution < 1.29 is 70.5 Å². The number of carbonyl (C=O) groups is 8. The molecule has 7 N–H and O–H groups in total. The molecule has 2 fully saturated rings. The zero-order chi connectivity index (χ0) is 96.2. The van der Waals surface area contributed by atoms with Gasteiger partial charge in [0.1, 0.15) is 75.4 Å². The molecule has 37 heteroatoms. The Labute approximate surface area is 801 Å². The number of benzene rings is 8. The summed E-state index contributed by atoms with van der Waals surface area (Å²) in [6.07, 6.45) is 5.59. The van der Waals surface area contributed by atoms with Gasteiger partial charge in [-0.05, 0) is 165 Å². The lowest BCUT2D eigenvalue weighted by atomic mass is 9.96. The number of ketones is 4. The summed E-state index contributed by atoms with van der Waals surface area (Å²) in [4.78, 5) is 128. The van der Waals surface area contributed by atoms with Crippen LogP contribution in [0.15, 0.2) is 206 Å². The smallest absolute Gasteiger partial charge is 0.257 e. The highest BCUT2D eigenvalue weighted by atomic mass is 35.5. The molecule has 0 aliphatic carbocycles. The summed E-state index contributed by atoms with van der Waals surface area (Å²) >= 11 is 48.0. The number of aliphatic imine (C=N–C) groups is 1. The molecule has 0 radical (unpaired) electrons. The van der Waals surface area contributed by atoms with Crippen LogP contribution in [0, 0.1) is 33.7 Å². The van der Waals surface area contributed by atoms with Crippen LogP contribution in [0.2, 0.25) is 40.2 Å².